The van der Waals surface area contributed by atoms with E-state index in [2.05, 4.69) is 21.0 Å². The van der Waals surface area contributed by atoms with Gasteiger partial charge in [-0.05, 0) is 12.1 Å². The zero-order valence-electron chi connectivity index (χ0n) is 7.36. The molecule has 0 radical (unpaired) electrons. The van der Waals surface area contributed by atoms with Crippen molar-refractivity contribution in [2.75, 3.05) is 0 Å². The molecule has 0 saturated heterocycles. The first-order chi connectivity index (χ1) is 6.61. The predicted molar refractivity (Wildman–Crippen MR) is 55.4 cm³/mol. The van der Waals surface area contributed by atoms with Crippen LogP contribution in [0, 0.1) is 0 Å². The van der Waals surface area contributed by atoms with Crippen molar-refractivity contribution in [1.82, 2.24) is 9.78 Å². The summed E-state index contributed by atoms with van der Waals surface area (Å²) in [6.07, 6.45) is 0. The number of rotatable bonds is 1. The standard InChI is InChI=1S/C9H7BrN2O2/c1-12-8(9(13)14)7-5(10)3-2-4-6(7)11-12/h2-4H,1H3,(H,13,14). The highest BCUT2D eigenvalue weighted by Crippen LogP contribution is 2.26. The fraction of sp³-hybridized carbons (Fsp3) is 0.111. The lowest BCUT2D eigenvalue weighted by atomic mass is 10.2. The van der Waals surface area contributed by atoms with E-state index in [0.29, 0.717) is 10.9 Å². The lowest BCUT2D eigenvalue weighted by Gasteiger charge is -1.96. The number of aryl methyl sites for hydroxylation is 1. The Morgan fingerprint density at radius 2 is 2.29 bits per heavy atom. The number of carboxylic acids is 1. The molecule has 0 atom stereocenters. The summed E-state index contributed by atoms with van der Waals surface area (Å²) in [5, 5.41) is 13.7. The fourth-order valence-electron chi connectivity index (χ4n) is 1.45. The van der Waals surface area contributed by atoms with Gasteiger partial charge in [-0.1, -0.05) is 22.0 Å². The Hall–Kier alpha value is -1.36. The van der Waals surface area contributed by atoms with Crippen molar-refractivity contribution in [3.63, 3.8) is 0 Å². The number of aromatic carboxylic acids is 1. The van der Waals surface area contributed by atoms with Gasteiger partial charge >= 0.3 is 5.97 Å². The van der Waals surface area contributed by atoms with E-state index in [1.165, 1.54) is 4.68 Å². The predicted octanol–water partition coefficient (Wildman–Crippen LogP) is 2.03. The second-order valence-electron chi connectivity index (χ2n) is 2.91. The minimum Gasteiger partial charge on any atom is -0.477 e. The summed E-state index contributed by atoms with van der Waals surface area (Å²) in [4.78, 5) is 11.0. The summed E-state index contributed by atoms with van der Waals surface area (Å²) in [6.45, 7) is 0. The van der Waals surface area contributed by atoms with E-state index < -0.39 is 5.97 Å². The van der Waals surface area contributed by atoms with Crippen LogP contribution in [0.5, 0.6) is 0 Å². The normalized spacial score (nSPS) is 10.7. The van der Waals surface area contributed by atoms with Gasteiger partial charge < -0.3 is 5.11 Å². The molecule has 0 spiro atoms. The van der Waals surface area contributed by atoms with Crippen molar-refractivity contribution >= 4 is 32.8 Å². The molecule has 5 heteroatoms. The molecule has 0 amide bonds. The van der Waals surface area contributed by atoms with E-state index in [4.69, 9.17) is 5.11 Å². The van der Waals surface area contributed by atoms with Crippen LogP contribution in [0.25, 0.3) is 10.9 Å². The lowest BCUT2D eigenvalue weighted by molar-refractivity contribution is 0.0687. The van der Waals surface area contributed by atoms with E-state index >= 15 is 0 Å². The van der Waals surface area contributed by atoms with Crippen molar-refractivity contribution in [3.05, 3.63) is 28.4 Å². The van der Waals surface area contributed by atoms with E-state index in [-0.39, 0.29) is 5.69 Å². The first-order valence-corrected chi connectivity index (χ1v) is 4.75. The lowest BCUT2D eigenvalue weighted by Crippen LogP contribution is -2.05. The quantitative estimate of drug-likeness (QED) is 0.848. The molecule has 0 aliphatic carbocycles. The highest BCUT2D eigenvalue weighted by Gasteiger charge is 2.17. The third kappa shape index (κ3) is 1.21. The van der Waals surface area contributed by atoms with Crippen LogP contribution in [0.4, 0.5) is 0 Å². The number of nitrogens with zero attached hydrogens (tertiary/aromatic N) is 2. The summed E-state index contributed by atoms with van der Waals surface area (Å²) in [5.74, 6) is -0.970. The number of hydrogen-bond donors (Lipinski definition) is 1. The zero-order chi connectivity index (χ0) is 10.3. The second-order valence-corrected chi connectivity index (χ2v) is 3.77. The minimum absolute atomic E-state index is 0.201. The van der Waals surface area contributed by atoms with Gasteiger partial charge in [0.05, 0.1) is 5.52 Å². The van der Waals surface area contributed by atoms with Crippen molar-refractivity contribution in [1.29, 1.82) is 0 Å². The van der Waals surface area contributed by atoms with E-state index in [0.717, 1.165) is 4.47 Å². The van der Waals surface area contributed by atoms with Crippen LogP contribution in [-0.2, 0) is 7.05 Å². The Balaban J connectivity index is 2.93. The molecule has 1 heterocycles. The molecule has 1 aromatic heterocycles. The van der Waals surface area contributed by atoms with Crippen molar-refractivity contribution in [2.24, 2.45) is 7.05 Å². The van der Waals surface area contributed by atoms with Gasteiger partial charge in [0.25, 0.3) is 0 Å². The van der Waals surface area contributed by atoms with Crippen LogP contribution in [0.1, 0.15) is 10.5 Å². The van der Waals surface area contributed by atoms with Gasteiger partial charge in [-0.2, -0.15) is 5.10 Å². The maximum Gasteiger partial charge on any atom is 0.354 e. The average Bonchev–Trinajstić information content (AvgIpc) is 2.42. The molecule has 1 aromatic carbocycles. The number of carboxylic acid groups (broad SMARTS) is 1. The number of halogens is 1. The van der Waals surface area contributed by atoms with Gasteiger partial charge in [0.15, 0.2) is 5.69 Å². The Morgan fingerprint density at radius 3 is 2.93 bits per heavy atom. The third-order valence-corrected chi connectivity index (χ3v) is 2.67. The summed E-state index contributed by atoms with van der Waals surface area (Å²) in [6, 6.07) is 5.41. The molecule has 72 valence electrons. The molecule has 0 bridgehead atoms. The largest absolute Gasteiger partial charge is 0.477 e. The Kier molecular flexibility index (Phi) is 2.03. The zero-order valence-corrected chi connectivity index (χ0v) is 8.95. The molecular weight excluding hydrogens is 248 g/mol. The van der Waals surface area contributed by atoms with Gasteiger partial charge in [0, 0.05) is 16.9 Å². The van der Waals surface area contributed by atoms with Crippen LogP contribution in [0.2, 0.25) is 0 Å². The maximum atomic E-state index is 11.0. The van der Waals surface area contributed by atoms with Gasteiger partial charge in [0.1, 0.15) is 0 Å². The van der Waals surface area contributed by atoms with E-state index in [1.54, 1.807) is 19.2 Å². The monoisotopic (exact) mass is 254 g/mol. The Morgan fingerprint density at radius 1 is 1.57 bits per heavy atom. The van der Waals surface area contributed by atoms with Crippen molar-refractivity contribution in [2.45, 2.75) is 0 Å². The molecule has 0 aliphatic rings. The molecule has 14 heavy (non-hydrogen) atoms. The first-order valence-electron chi connectivity index (χ1n) is 3.96. The topological polar surface area (TPSA) is 55.1 Å². The van der Waals surface area contributed by atoms with Crippen LogP contribution >= 0.6 is 15.9 Å². The summed E-state index contributed by atoms with van der Waals surface area (Å²) < 4.78 is 2.12. The van der Waals surface area contributed by atoms with E-state index in [9.17, 15) is 4.79 Å². The van der Waals surface area contributed by atoms with Gasteiger partial charge in [0.2, 0.25) is 0 Å². The Bertz CT molecular complexity index is 519. The van der Waals surface area contributed by atoms with Crippen LogP contribution in [0.3, 0.4) is 0 Å². The number of hydrogen-bond acceptors (Lipinski definition) is 2. The van der Waals surface area contributed by atoms with Crippen LogP contribution in [0.15, 0.2) is 22.7 Å². The number of benzene rings is 1. The van der Waals surface area contributed by atoms with Gasteiger partial charge in [-0.25, -0.2) is 4.79 Å². The molecule has 1 N–H and O–H groups in total. The average molecular weight is 255 g/mol. The molecular formula is C9H7BrN2O2. The van der Waals surface area contributed by atoms with Crippen molar-refractivity contribution in [3.8, 4) is 0 Å². The number of carbonyl (C=O) groups is 1. The highest BCUT2D eigenvalue weighted by atomic mass is 79.9. The van der Waals surface area contributed by atoms with Crippen molar-refractivity contribution < 1.29 is 9.90 Å². The first kappa shape index (κ1) is 9.21. The molecule has 2 rings (SSSR count). The number of aromatic nitrogens is 2. The Labute approximate surface area is 88.3 Å². The summed E-state index contributed by atoms with van der Waals surface area (Å²) >= 11 is 3.31. The minimum atomic E-state index is -0.970. The second kappa shape index (κ2) is 3.09. The molecule has 0 saturated carbocycles. The maximum absolute atomic E-state index is 11.0. The van der Waals surface area contributed by atoms with Gasteiger partial charge in [-0.15, -0.1) is 0 Å². The third-order valence-electron chi connectivity index (χ3n) is 2.01. The highest BCUT2D eigenvalue weighted by molar-refractivity contribution is 9.10. The fourth-order valence-corrected chi connectivity index (χ4v) is 1.99. The van der Waals surface area contributed by atoms with Crippen LogP contribution < -0.4 is 0 Å². The molecule has 2 aromatic rings. The molecule has 0 fully saturated rings. The summed E-state index contributed by atoms with van der Waals surface area (Å²) in [7, 11) is 1.62. The molecule has 0 aliphatic heterocycles. The smallest absolute Gasteiger partial charge is 0.354 e. The van der Waals surface area contributed by atoms with Gasteiger partial charge in [-0.3, -0.25) is 4.68 Å². The molecule has 0 unspecified atom stereocenters. The molecule has 4 nitrogen and oxygen atoms in total. The summed E-state index contributed by atoms with van der Waals surface area (Å²) in [5.41, 5.74) is 0.881. The SMILES string of the molecule is Cn1nc2cccc(Br)c2c1C(=O)O. The number of fused-ring (bicyclic) bond motifs is 1. The van der Waals surface area contributed by atoms with E-state index in [1.807, 2.05) is 6.07 Å². The van der Waals surface area contributed by atoms with Crippen LogP contribution in [-0.4, -0.2) is 20.9 Å².